The monoisotopic (exact) mass is 355 g/mol. The quantitative estimate of drug-likeness (QED) is 0.801. The van der Waals surface area contributed by atoms with Crippen LogP contribution in [-0.2, 0) is 28.8 Å². The molecule has 1 aromatic carbocycles. The second-order valence-corrected chi connectivity index (χ2v) is 8.56. The Morgan fingerprint density at radius 1 is 1.08 bits per heavy atom. The van der Waals surface area contributed by atoms with Crippen LogP contribution in [-0.4, -0.2) is 40.0 Å². The Bertz CT molecular complexity index is 726. The second-order valence-electron chi connectivity index (χ2n) is 7.00. The summed E-state index contributed by atoms with van der Waals surface area (Å²) in [7, 11) is -4.48. The summed E-state index contributed by atoms with van der Waals surface area (Å²) >= 11 is 0. The molecule has 9 heteroatoms. The molecule has 0 bridgehead atoms. The van der Waals surface area contributed by atoms with E-state index < -0.39 is 34.6 Å². The molecule has 0 aliphatic carbocycles. The van der Waals surface area contributed by atoms with Crippen LogP contribution in [0.1, 0.15) is 39.5 Å². The average Bonchev–Trinajstić information content (AvgIpc) is 3.04. The number of primary sulfonamides is 1. The molecule has 24 heavy (non-hydrogen) atoms. The lowest BCUT2D eigenvalue weighted by molar-refractivity contribution is -0.0436. The fourth-order valence-electron chi connectivity index (χ4n) is 2.66. The van der Waals surface area contributed by atoms with Gasteiger partial charge in [-0.1, -0.05) is 6.07 Å². The molecular weight excluding hydrogens is 333 g/mol. The third-order valence-electron chi connectivity index (χ3n) is 4.77. The molecular formula is C15H22BNO6S. The van der Waals surface area contributed by atoms with Crippen LogP contribution < -0.4 is 10.6 Å². The molecule has 0 unspecified atom stereocenters. The van der Waals surface area contributed by atoms with Crippen LogP contribution in [0.4, 0.5) is 0 Å². The van der Waals surface area contributed by atoms with E-state index >= 15 is 0 Å². The first-order chi connectivity index (χ1) is 11.0. The molecule has 132 valence electrons. The zero-order valence-electron chi connectivity index (χ0n) is 14.2. The SMILES string of the molecule is CC1(C)OB(c2ccc(S(N)(=O)=O)cc2C2OCCO2)OC1(C)C. The van der Waals surface area contributed by atoms with Crippen molar-refractivity contribution in [3.05, 3.63) is 23.8 Å². The summed E-state index contributed by atoms with van der Waals surface area (Å²) in [6.07, 6.45) is -0.666. The van der Waals surface area contributed by atoms with E-state index in [1.54, 1.807) is 6.07 Å². The van der Waals surface area contributed by atoms with Crippen LogP contribution in [0.25, 0.3) is 0 Å². The molecule has 2 fully saturated rings. The van der Waals surface area contributed by atoms with Gasteiger partial charge in [-0.15, -0.1) is 0 Å². The van der Waals surface area contributed by atoms with Gasteiger partial charge in [0.25, 0.3) is 0 Å². The largest absolute Gasteiger partial charge is 0.495 e. The fourth-order valence-corrected chi connectivity index (χ4v) is 3.21. The number of ether oxygens (including phenoxy) is 2. The third-order valence-corrected chi connectivity index (χ3v) is 5.68. The van der Waals surface area contributed by atoms with Crippen molar-refractivity contribution in [2.75, 3.05) is 13.2 Å². The highest BCUT2D eigenvalue weighted by molar-refractivity contribution is 7.89. The maximum atomic E-state index is 11.7. The summed E-state index contributed by atoms with van der Waals surface area (Å²) in [5, 5.41) is 5.24. The van der Waals surface area contributed by atoms with Crippen molar-refractivity contribution >= 4 is 22.6 Å². The standard InChI is InChI=1S/C15H22BNO6S/c1-14(2)15(3,4)23-16(22-14)12-6-5-10(24(17,18)19)9-11(12)13-20-7-8-21-13/h5-6,9,13H,7-8H2,1-4H3,(H2,17,18,19). The molecule has 2 heterocycles. The molecule has 0 aromatic heterocycles. The molecule has 2 aliphatic heterocycles. The highest BCUT2D eigenvalue weighted by Gasteiger charge is 2.52. The summed E-state index contributed by atoms with van der Waals surface area (Å²) in [5.41, 5.74) is 0.209. The minimum absolute atomic E-state index is 0.00290. The van der Waals surface area contributed by atoms with Crippen molar-refractivity contribution in [2.24, 2.45) is 5.14 Å². The normalized spacial score (nSPS) is 23.8. The summed E-state index contributed by atoms with van der Waals surface area (Å²) in [6, 6.07) is 4.54. The van der Waals surface area contributed by atoms with Gasteiger partial charge < -0.3 is 18.8 Å². The number of nitrogens with two attached hydrogens (primary N) is 1. The molecule has 2 N–H and O–H groups in total. The van der Waals surface area contributed by atoms with Gasteiger partial charge in [-0.3, -0.25) is 0 Å². The molecule has 0 atom stereocenters. The third kappa shape index (κ3) is 3.12. The van der Waals surface area contributed by atoms with Gasteiger partial charge >= 0.3 is 7.12 Å². The lowest BCUT2D eigenvalue weighted by Crippen LogP contribution is -2.41. The van der Waals surface area contributed by atoms with E-state index in [-0.39, 0.29) is 4.90 Å². The number of benzene rings is 1. The second kappa shape index (κ2) is 5.79. The predicted molar refractivity (Wildman–Crippen MR) is 88.2 cm³/mol. The number of hydrogen-bond donors (Lipinski definition) is 1. The molecule has 2 saturated heterocycles. The molecule has 7 nitrogen and oxygen atoms in total. The predicted octanol–water partition coefficient (Wildman–Crippen LogP) is 0.679. The molecule has 2 aliphatic rings. The molecule has 1 aromatic rings. The first kappa shape index (κ1) is 17.8. The van der Waals surface area contributed by atoms with Crippen molar-refractivity contribution in [3.63, 3.8) is 0 Å². The molecule has 0 amide bonds. The van der Waals surface area contributed by atoms with E-state index in [2.05, 4.69) is 0 Å². The van der Waals surface area contributed by atoms with Crippen LogP contribution in [0.2, 0.25) is 0 Å². The Balaban J connectivity index is 2.04. The average molecular weight is 355 g/mol. The van der Waals surface area contributed by atoms with E-state index in [0.717, 1.165) is 0 Å². The van der Waals surface area contributed by atoms with Crippen LogP contribution in [0, 0.1) is 0 Å². The minimum Gasteiger partial charge on any atom is -0.399 e. The van der Waals surface area contributed by atoms with Crippen molar-refractivity contribution in [1.29, 1.82) is 0 Å². The first-order valence-corrected chi connectivity index (χ1v) is 9.31. The summed E-state index contributed by atoms with van der Waals surface area (Å²) in [5.74, 6) is 0. The number of hydrogen-bond acceptors (Lipinski definition) is 6. The molecule has 3 rings (SSSR count). The van der Waals surface area contributed by atoms with Crippen LogP contribution in [0.5, 0.6) is 0 Å². The summed E-state index contributed by atoms with van der Waals surface area (Å²) in [4.78, 5) is -0.00290. The van der Waals surface area contributed by atoms with Crippen molar-refractivity contribution < 1.29 is 27.2 Å². The molecule has 0 spiro atoms. The van der Waals surface area contributed by atoms with Gasteiger partial charge in [0.15, 0.2) is 6.29 Å². The van der Waals surface area contributed by atoms with Crippen molar-refractivity contribution in [1.82, 2.24) is 0 Å². The van der Waals surface area contributed by atoms with Gasteiger partial charge in [0, 0.05) is 5.56 Å². The van der Waals surface area contributed by atoms with Gasteiger partial charge in [0.1, 0.15) is 0 Å². The van der Waals surface area contributed by atoms with E-state index in [1.165, 1.54) is 12.1 Å². The van der Waals surface area contributed by atoms with Crippen LogP contribution in [0.3, 0.4) is 0 Å². The summed E-state index contributed by atoms with van der Waals surface area (Å²) in [6.45, 7) is 8.68. The minimum atomic E-state index is -3.83. The smallest absolute Gasteiger partial charge is 0.399 e. The number of sulfonamides is 1. The van der Waals surface area contributed by atoms with Gasteiger partial charge in [-0.2, -0.15) is 0 Å². The van der Waals surface area contributed by atoms with E-state index in [0.29, 0.717) is 24.2 Å². The first-order valence-electron chi connectivity index (χ1n) is 7.77. The van der Waals surface area contributed by atoms with E-state index in [9.17, 15) is 8.42 Å². The van der Waals surface area contributed by atoms with Crippen LogP contribution in [0.15, 0.2) is 23.1 Å². The van der Waals surface area contributed by atoms with Gasteiger partial charge in [-0.05, 0) is 45.3 Å². The Labute approximate surface area is 142 Å². The maximum Gasteiger partial charge on any atom is 0.495 e. The Kier molecular flexibility index (Phi) is 4.31. The number of rotatable bonds is 3. The Morgan fingerprint density at radius 2 is 1.62 bits per heavy atom. The van der Waals surface area contributed by atoms with Crippen molar-refractivity contribution in [3.8, 4) is 0 Å². The highest BCUT2D eigenvalue weighted by atomic mass is 32.2. The zero-order chi connectivity index (χ0) is 17.8. The Hall–Kier alpha value is -0.965. The zero-order valence-corrected chi connectivity index (χ0v) is 15.1. The highest BCUT2D eigenvalue weighted by Crippen LogP contribution is 2.37. The maximum absolute atomic E-state index is 11.7. The van der Waals surface area contributed by atoms with Crippen molar-refractivity contribution in [2.45, 2.75) is 50.1 Å². The Morgan fingerprint density at radius 3 is 2.12 bits per heavy atom. The molecule has 0 saturated carbocycles. The van der Waals surface area contributed by atoms with E-state index in [1.807, 2.05) is 27.7 Å². The van der Waals surface area contributed by atoms with E-state index in [4.69, 9.17) is 23.9 Å². The van der Waals surface area contributed by atoms with Gasteiger partial charge in [0.05, 0.1) is 29.3 Å². The topological polar surface area (TPSA) is 97.1 Å². The molecule has 0 radical (unpaired) electrons. The van der Waals surface area contributed by atoms with Gasteiger partial charge in [0.2, 0.25) is 10.0 Å². The van der Waals surface area contributed by atoms with Gasteiger partial charge in [-0.25, -0.2) is 13.6 Å². The lowest BCUT2D eigenvalue weighted by atomic mass is 9.75. The lowest BCUT2D eigenvalue weighted by Gasteiger charge is -2.32. The fraction of sp³-hybridized carbons (Fsp3) is 0.600. The van der Waals surface area contributed by atoms with Crippen LogP contribution >= 0.6 is 0 Å². The summed E-state index contributed by atoms with van der Waals surface area (Å²) < 4.78 is 46.6.